The quantitative estimate of drug-likeness (QED) is 0.751. The van der Waals surface area contributed by atoms with E-state index in [-0.39, 0.29) is 16.6 Å². The van der Waals surface area contributed by atoms with Gasteiger partial charge in [-0.1, -0.05) is 32.4 Å². The monoisotopic (exact) mass is 449 g/mol. The van der Waals surface area contributed by atoms with Crippen molar-refractivity contribution >= 4 is 23.4 Å². The lowest BCUT2D eigenvalue weighted by atomic mass is 9.86. The third-order valence-corrected chi connectivity index (χ3v) is 5.62. The predicted molar refractivity (Wildman–Crippen MR) is 118 cm³/mol. The molecule has 1 aliphatic heterocycles. The number of fused-ring (bicyclic) bond motifs is 1. The van der Waals surface area contributed by atoms with Gasteiger partial charge in [0.1, 0.15) is 17.7 Å². The van der Waals surface area contributed by atoms with Crippen LogP contribution in [0.4, 0.5) is 4.39 Å². The van der Waals surface area contributed by atoms with Crippen LogP contribution in [0.5, 0.6) is 0 Å². The van der Waals surface area contributed by atoms with Crippen molar-refractivity contribution < 1.29 is 14.0 Å². The van der Waals surface area contributed by atoms with E-state index in [4.69, 9.17) is 11.6 Å². The molecular formula is C22H29ClFN5O2. The molecule has 0 saturated carbocycles. The SMILES string of the molecule is CNC(=O)[C@@H](NC(=O)c1nc(-c2cc(F)cc(Cl)c2)n2c1CN(C)CCC2)C(C)(C)C. The number of rotatable bonds is 4. The van der Waals surface area contributed by atoms with Gasteiger partial charge < -0.3 is 20.1 Å². The Labute approximate surface area is 187 Å². The summed E-state index contributed by atoms with van der Waals surface area (Å²) in [6, 6.07) is 3.49. The first-order valence-corrected chi connectivity index (χ1v) is 10.7. The van der Waals surface area contributed by atoms with Gasteiger partial charge >= 0.3 is 0 Å². The maximum absolute atomic E-state index is 14.0. The molecule has 2 aromatic rings. The highest BCUT2D eigenvalue weighted by Crippen LogP contribution is 2.29. The summed E-state index contributed by atoms with van der Waals surface area (Å²) in [4.78, 5) is 32.4. The molecule has 1 aromatic heterocycles. The average molecular weight is 450 g/mol. The standard InChI is InChI=1S/C22H29ClFN5O2/c1-22(2,3)18(21(31)25-4)27-20(30)17-16-12-28(5)7-6-8-29(16)19(26-17)13-9-14(23)11-15(24)10-13/h9-11,18H,6-8,12H2,1-5H3,(H,25,31)(H,27,30)/t18-/m1/s1. The summed E-state index contributed by atoms with van der Waals surface area (Å²) in [6.07, 6.45) is 0.861. The van der Waals surface area contributed by atoms with Crippen molar-refractivity contribution in [2.24, 2.45) is 5.41 Å². The van der Waals surface area contributed by atoms with Gasteiger partial charge in [-0.15, -0.1) is 0 Å². The highest BCUT2D eigenvalue weighted by Gasteiger charge is 2.34. The number of carbonyl (C=O) groups is 2. The summed E-state index contributed by atoms with van der Waals surface area (Å²) >= 11 is 6.07. The second kappa shape index (κ2) is 8.96. The number of imidazole rings is 1. The van der Waals surface area contributed by atoms with Crippen LogP contribution in [0.25, 0.3) is 11.4 Å². The molecule has 3 rings (SSSR count). The Morgan fingerprint density at radius 3 is 2.55 bits per heavy atom. The molecule has 0 aliphatic carbocycles. The number of amides is 2. The first-order chi connectivity index (χ1) is 14.5. The van der Waals surface area contributed by atoms with Crippen LogP contribution in [0.15, 0.2) is 18.2 Å². The van der Waals surface area contributed by atoms with Gasteiger partial charge in [0.25, 0.3) is 5.91 Å². The normalized spacial score (nSPS) is 15.7. The molecule has 1 atom stereocenters. The first-order valence-electron chi connectivity index (χ1n) is 10.3. The Balaban J connectivity index is 2.08. The van der Waals surface area contributed by atoms with Crippen molar-refractivity contribution in [2.45, 2.75) is 46.3 Å². The largest absolute Gasteiger partial charge is 0.357 e. The van der Waals surface area contributed by atoms with Crippen LogP contribution in [0.1, 0.15) is 43.4 Å². The van der Waals surface area contributed by atoms with E-state index in [9.17, 15) is 14.0 Å². The number of likely N-dealkylation sites (N-methyl/N-ethyl adjacent to an activating group) is 1. The molecule has 0 unspecified atom stereocenters. The van der Waals surface area contributed by atoms with Gasteiger partial charge in [-0.2, -0.15) is 0 Å². The van der Waals surface area contributed by atoms with Gasteiger partial charge in [-0.3, -0.25) is 9.59 Å². The fourth-order valence-electron chi connectivity index (χ4n) is 3.83. The van der Waals surface area contributed by atoms with Crippen molar-refractivity contribution in [2.75, 3.05) is 20.6 Å². The van der Waals surface area contributed by atoms with E-state index in [2.05, 4.69) is 20.5 Å². The van der Waals surface area contributed by atoms with Gasteiger partial charge in [-0.25, -0.2) is 9.37 Å². The number of aromatic nitrogens is 2. The lowest BCUT2D eigenvalue weighted by Crippen LogP contribution is -2.53. The van der Waals surface area contributed by atoms with Crippen LogP contribution in [0.3, 0.4) is 0 Å². The Bertz CT molecular complexity index is 978. The van der Waals surface area contributed by atoms with E-state index in [0.717, 1.165) is 18.7 Å². The van der Waals surface area contributed by atoms with Crippen LogP contribution < -0.4 is 10.6 Å². The third-order valence-electron chi connectivity index (χ3n) is 5.40. The Morgan fingerprint density at radius 1 is 1.23 bits per heavy atom. The lowest BCUT2D eigenvalue weighted by Gasteiger charge is -2.29. The topological polar surface area (TPSA) is 79.3 Å². The summed E-state index contributed by atoms with van der Waals surface area (Å²) in [7, 11) is 3.52. The Kier molecular flexibility index (Phi) is 6.71. The number of nitrogens with one attached hydrogen (secondary N) is 2. The van der Waals surface area contributed by atoms with Crippen LogP contribution in [0, 0.1) is 11.2 Å². The number of hydrogen-bond acceptors (Lipinski definition) is 4. The fourth-order valence-corrected chi connectivity index (χ4v) is 4.05. The first kappa shape index (κ1) is 23.2. The van der Waals surface area contributed by atoms with Gasteiger partial charge in [0, 0.05) is 30.7 Å². The molecule has 0 bridgehead atoms. The molecule has 0 fully saturated rings. The number of benzene rings is 1. The van der Waals surface area contributed by atoms with Gasteiger partial charge in [-0.05, 0) is 43.6 Å². The summed E-state index contributed by atoms with van der Waals surface area (Å²) in [5, 5.41) is 5.72. The van der Waals surface area contributed by atoms with Crippen molar-refractivity contribution in [3.8, 4) is 11.4 Å². The zero-order valence-electron chi connectivity index (χ0n) is 18.6. The zero-order valence-corrected chi connectivity index (χ0v) is 19.3. The highest BCUT2D eigenvalue weighted by atomic mass is 35.5. The van der Waals surface area contributed by atoms with Crippen molar-refractivity contribution in [3.63, 3.8) is 0 Å². The van der Waals surface area contributed by atoms with Gasteiger partial charge in [0.2, 0.25) is 5.91 Å². The molecule has 0 radical (unpaired) electrons. The molecule has 1 aliphatic rings. The molecule has 0 spiro atoms. The van der Waals surface area contributed by atoms with E-state index in [0.29, 0.717) is 24.5 Å². The van der Waals surface area contributed by atoms with Crippen molar-refractivity contribution in [3.05, 3.63) is 40.4 Å². The maximum Gasteiger partial charge on any atom is 0.272 e. The third kappa shape index (κ3) is 5.07. The van der Waals surface area contributed by atoms with Crippen LogP contribution in [-0.4, -0.2) is 52.9 Å². The van der Waals surface area contributed by atoms with Gasteiger partial charge in [0.15, 0.2) is 5.69 Å². The number of carbonyl (C=O) groups excluding carboxylic acids is 2. The van der Waals surface area contributed by atoms with Crippen molar-refractivity contribution in [1.29, 1.82) is 0 Å². The van der Waals surface area contributed by atoms with Gasteiger partial charge in [0.05, 0.1) is 5.69 Å². The summed E-state index contributed by atoms with van der Waals surface area (Å²) in [5.74, 6) is -0.690. The lowest BCUT2D eigenvalue weighted by molar-refractivity contribution is -0.124. The van der Waals surface area contributed by atoms with E-state index in [1.54, 1.807) is 6.07 Å². The smallest absolute Gasteiger partial charge is 0.272 e. The molecule has 31 heavy (non-hydrogen) atoms. The minimum atomic E-state index is -0.738. The number of nitrogens with zero attached hydrogens (tertiary/aromatic N) is 3. The molecular weight excluding hydrogens is 421 g/mol. The maximum atomic E-state index is 14.0. The summed E-state index contributed by atoms with van der Waals surface area (Å²) < 4.78 is 16.0. The predicted octanol–water partition coefficient (Wildman–Crippen LogP) is 3.07. The number of halogens is 2. The summed E-state index contributed by atoms with van der Waals surface area (Å²) in [5.41, 5.74) is 0.982. The minimum Gasteiger partial charge on any atom is -0.357 e. The van der Waals surface area contributed by atoms with E-state index >= 15 is 0 Å². The molecule has 2 N–H and O–H groups in total. The highest BCUT2D eigenvalue weighted by molar-refractivity contribution is 6.30. The Morgan fingerprint density at radius 2 is 1.94 bits per heavy atom. The van der Waals surface area contributed by atoms with E-state index in [1.165, 1.54) is 19.2 Å². The second-order valence-corrected chi connectivity index (χ2v) is 9.45. The fraction of sp³-hybridized carbons (Fsp3) is 0.500. The zero-order chi connectivity index (χ0) is 22.9. The molecule has 0 saturated heterocycles. The number of hydrogen-bond donors (Lipinski definition) is 2. The van der Waals surface area contributed by atoms with E-state index in [1.807, 2.05) is 32.4 Å². The molecule has 1 aromatic carbocycles. The molecule has 7 nitrogen and oxygen atoms in total. The van der Waals surface area contributed by atoms with Crippen LogP contribution >= 0.6 is 11.6 Å². The van der Waals surface area contributed by atoms with Crippen LogP contribution in [-0.2, 0) is 17.9 Å². The van der Waals surface area contributed by atoms with E-state index < -0.39 is 23.2 Å². The summed E-state index contributed by atoms with van der Waals surface area (Å²) in [6.45, 7) is 7.66. The Hall–Kier alpha value is -2.45. The minimum absolute atomic E-state index is 0.238. The van der Waals surface area contributed by atoms with Crippen LogP contribution in [0.2, 0.25) is 5.02 Å². The molecule has 168 valence electrons. The average Bonchev–Trinajstić information content (AvgIpc) is 2.90. The van der Waals surface area contributed by atoms with Crippen molar-refractivity contribution in [1.82, 2.24) is 25.1 Å². The second-order valence-electron chi connectivity index (χ2n) is 9.02. The molecule has 2 heterocycles. The molecule has 9 heteroatoms. The molecule has 2 amide bonds.